The quantitative estimate of drug-likeness (QED) is 0.665. The van der Waals surface area contributed by atoms with Gasteiger partial charge in [-0.2, -0.15) is 18.4 Å². The molecule has 0 aliphatic carbocycles. The van der Waals surface area contributed by atoms with Crippen LogP contribution in [0.1, 0.15) is 30.4 Å². The molecule has 1 aromatic carbocycles. The Morgan fingerprint density at radius 3 is 2.48 bits per heavy atom. The Labute approximate surface area is 192 Å². The fraction of sp³-hybridized carbons (Fsp3) is 0.409. The first-order valence-electron chi connectivity index (χ1n) is 10.4. The van der Waals surface area contributed by atoms with Crippen molar-refractivity contribution in [3.8, 4) is 6.07 Å². The lowest BCUT2D eigenvalue weighted by molar-refractivity contribution is -0.137. The number of hydrogen-bond donors (Lipinski definition) is 1. The van der Waals surface area contributed by atoms with Gasteiger partial charge in [0.05, 0.1) is 27.9 Å². The summed E-state index contributed by atoms with van der Waals surface area (Å²) >= 11 is 6.09. The fourth-order valence-corrected chi connectivity index (χ4v) is 4.71. The van der Waals surface area contributed by atoms with E-state index in [9.17, 15) is 22.4 Å². The van der Waals surface area contributed by atoms with Crippen LogP contribution in [0.25, 0.3) is 0 Å². The monoisotopic (exact) mass is 481 g/mol. The van der Waals surface area contributed by atoms with Crippen molar-refractivity contribution in [1.82, 2.24) is 10.3 Å². The van der Waals surface area contributed by atoms with Gasteiger partial charge in [-0.25, -0.2) is 9.37 Å². The topological polar surface area (TPSA) is 72.3 Å². The van der Waals surface area contributed by atoms with Crippen LogP contribution in [0.15, 0.2) is 30.5 Å². The van der Waals surface area contributed by atoms with Gasteiger partial charge < -0.3 is 15.1 Å². The van der Waals surface area contributed by atoms with Crippen LogP contribution in [0.4, 0.5) is 29.1 Å². The number of hydrogen-bond acceptors (Lipinski definition) is 5. The molecule has 0 spiro atoms. The van der Waals surface area contributed by atoms with Gasteiger partial charge in [-0.1, -0.05) is 11.6 Å². The predicted octanol–water partition coefficient (Wildman–Crippen LogP) is 4.13. The Morgan fingerprint density at radius 1 is 1.21 bits per heavy atom. The molecule has 2 saturated heterocycles. The third-order valence-electron chi connectivity index (χ3n) is 6.02. The number of rotatable bonds is 4. The average molecular weight is 482 g/mol. The van der Waals surface area contributed by atoms with E-state index in [1.165, 1.54) is 12.1 Å². The average Bonchev–Trinajstić information content (AvgIpc) is 3.20. The van der Waals surface area contributed by atoms with Crippen molar-refractivity contribution in [2.75, 3.05) is 29.4 Å². The standard InChI is InChI=1S/C22H20ClF4N5O/c23-16-10-14(22(25,26)27)12-30-20(16)31-7-4-15(5-8-31)32(19-3-6-29-21(19)33)18-2-1-13(11-28)9-17(18)24/h1-2,9-10,12,15,19H,3-8H2,(H,29,33). The zero-order valence-electron chi connectivity index (χ0n) is 17.4. The molecule has 1 N–H and O–H groups in total. The van der Waals surface area contributed by atoms with Gasteiger partial charge in [0.2, 0.25) is 5.91 Å². The highest BCUT2D eigenvalue weighted by Gasteiger charge is 2.38. The number of halogens is 5. The van der Waals surface area contributed by atoms with Gasteiger partial charge in [-0.05, 0) is 43.5 Å². The van der Waals surface area contributed by atoms with Gasteiger partial charge in [-0.15, -0.1) is 0 Å². The highest BCUT2D eigenvalue weighted by Crippen LogP contribution is 2.36. The number of benzene rings is 1. The molecule has 11 heteroatoms. The van der Waals surface area contributed by atoms with Crippen molar-refractivity contribution in [1.29, 1.82) is 5.26 Å². The first kappa shape index (κ1) is 23.1. The number of carbonyl (C=O) groups is 1. The number of pyridine rings is 1. The van der Waals surface area contributed by atoms with E-state index in [2.05, 4.69) is 10.3 Å². The van der Waals surface area contributed by atoms with Crippen LogP contribution >= 0.6 is 11.6 Å². The molecule has 2 aliphatic rings. The number of alkyl halides is 3. The minimum atomic E-state index is -4.53. The zero-order chi connectivity index (χ0) is 23.8. The molecule has 6 nitrogen and oxygen atoms in total. The van der Waals surface area contributed by atoms with E-state index in [-0.39, 0.29) is 34.0 Å². The van der Waals surface area contributed by atoms with Crippen LogP contribution in [0.5, 0.6) is 0 Å². The van der Waals surface area contributed by atoms with Crippen LogP contribution in [0.2, 0.25) is 5.02 Å². The largest absolute Gasteiger partial charge is 0.417 e. The molecule has 1 aromatic heterocycles. The molecule has 174 valence electrons. The van der Waals surface area contributed by atoms with Crippen molar-refractivity contribution in [2.24, 2.45) is 0 Å². The molecule has 2 fully saturated rings. The van der Waals surface area contributed by atoms with Gasteiger partial charge in [0.15, 0.2) is 0 Å². The molecule has 1 unspecified atom stereocenters. The lowest BCUT2D eigenvalue weighted by Crippen LogP contribution is -2.52. The summed E-state index contributed by atoms with van der Waals surface area (Å²) in [5.74, 6) is -0.505. The summed E-state index contributed by atoms with van der Waals surface area (Å²) in [6, 6.07) is 6.20. The van der Waals surface area contributed by atoms with Crippen LogP contribution in [-0.4, -0.2) is 42.6 Å². The first-order valence-corrected chi connectivity index (χ1v) is 10.8. The zero-order valence-corrected chi connectivity index (χ0v) is 18.1. The molecule has 2 aliphatic heterocycles. The minimum absolute atomic E-state index is 0.0894. The van der Waals surface area contributed by atoms with E-state index in [0.717, 1.165) is 18.3 Å². The number of nitriles is 1. The number of carbonyl (C=O) groups excluding carboxylic acids is 1. The van der Waals surface area contributed by atoms with Crippen molar-refractivity contribution in [2.45, 2.75) is 37.5 Å². The molecule has 0 saturated carbocycles. The second-order valence-electron chi connectivity index (χ2n) is 8.03. The minimum Gasteiger partial charge on any atom is -0.355 e. The lowest BCUT2D eigenvalue weighted by atomic mass is 9.98. The normalized spacial score (nSPS) is 19.3. The van der Waals surface area contributed by atoms with Crippen LogP contribution in [0.3, 0.4) is 0 Å². The van der Waals surface area contributed by atoms with Gasteiger partial charge >= 0.3 is 6.18 Å². The number of piperidine rings is 1. The predicted molar refractivity (Wildman–Crippen MR) is 114 cm³/mol. The van der Waals surface area contributed by atoms with E-state index in [1.54, 1.807) is 9.80 Å². The second-order valence-corrected chi connectivity index (χ2v) is 8.43. The van der Waals surface area contributed by atoms with Gasteiger partial charge in [0.1, 0.15) is 17.7 Å². The van der Waals surface area contributed by atoms with E-state index < -0.39 is 23.6 Å². The van der Waals surface area contributed by atoms with Gasteiger partial charge in [-0.3, -0.25) is 4.79 Å². The smallest absolute Gasteiger partial charge is 0.355 e. The summed E-state index contributed by atoms with van der Waals surface area (Å²) in [6.45, 7) is 1.33. The molecule has 0 bridgehead atoms. The highest BCUT2D eigenvalue weighted by atomic mass is 35.5. The van der Waals surface area contributed by atoms with E-state index in [1.807, 2.05) is 6.07 Å². The first-order chi connectivity index (χ1) is 15.7. The molecule has 33 heavy (non-hydrogen) atoms. The van der Waals surface area contributed by atoms with Gasteiger partial charge in [0.25, 0.3) is 0 Å². The van der Waals surface area contributed by atoms with E-state index >= 15 is 0 Å². The number of nitrogens with one attached hydrogen (secondary N) is 1. The summed E-state index contributed by atoms with van der Waals surface area (Å²) < 4.78 is 53.6. The second kappa shape index (κ2) is 9.06. The van der Waals surface area contributed by atoms with Crippen LogP contribution in [0, 0.1) is 17.1 Å². The number of amides is 1. The Hall–Kier alpha value is -3.06. The molecule has 0 radical (unpaired) electrons. The summed E-state index contributed by atoms with van der Waals surface area (Å²) in [5, 5.41) is 11.7. The van der Waals surface area contributed by atoms with E-state index in [4.69, 9.17) is 16.9 Å². The highest BCUT2D eigenvalue weighted by molar-refractivity contribution is 6.33. The third-order valence-corrected chi connectivity index (χ3v) is 6.30. The molecular formula is C22H20ClF4N5O. The molecular weight excluding hydrogens is 462 g/mol. The van der Waals surface area contributed by atoms with Crippen LogP contribution in [-0.2, 0) is 11.0 Å². The summed E-state index contributed by atoms with van der Waals surface area (Å²) in [4.78, 5) is 19.9. The summed E-state index contributed by atoms with van der Waals surface area (Å²) in [6.07, 6.45) is -2.22. The lowest BCUT2D eigenvalue weighted by Gasteiger charge is -2.42. The van der Waals surface area contributed by atoms with Crippen molar-refractivity contribution in [3.63, 3.8) is 0 Å². The third kappa shape index (κ3) is 4.69. The Balaban J connectivity index is 1.56. The summed E-state index contributed by atoms with van der Waals surface area (Å²) in [5.41, 5.74) is -0.481. The maximum atomic E-state index is 14.9. The van der Waals surface area contributed by atoms with Crippen molar-refractivity contribution < 1.29 is 22.4 Å². The fourth-order valence-electron chi connectivity index (χ4n) is 4.43. The van der Waals surface area contributed by atoms with Crippen LogP contribution < -0.4 is 15.1 Å². The Bertz CT molecular complexity index is 1100. The Kier molecular flexibility index (Phi) is 6.34. The SMILES string of the molecule is N#Cc1ccc(N(C2CCN(c3ncc(C(F)(F)F)cc3Cl)CC2)C2CCNC2=O)c(F)c1. The van der Waals surface area contributed by atoms with Gasteiger partial charge in [0, 0.05) is 31.9 Å². The molecule has 2 aromatic rings. The molecule has 1 amide bonds. The van der Waals surface area contributed by atoms with Crippen molar-refractivity contribution >= 4 is 29.0 Å². The van der Waals surface area contributed by atoms with Crippen molar-refractivity contribution in [3.05, 3.63) is 52.4 Å². The summed E-state index contributed by atoms with van der Waals surface area (Å²) in [7, 11) is 0. The number of nitrogens with zero attached hydrogens (tertiary/aromatic N) is 4. The maximum absolute atomic E-state index is 14.9. The molecule has 3 heterocycles. The number of anilines is 2. The number of aromatic nitrogens is 1. The maximum Gasteiger partial charge on any atom is 0.417 e. The Morgan fingerprint density at radius 2 is 1.94 bits per heavy atom. The molecule has 1 atom stereocenters. The van der Waals surface area contributed by atoms with E-state index in [0.29, 0.717) is 38.9 Å². The molecule has 4 rings (SSSR count).